The fourth-order valence-electron chi connectivity index (χ4n) is 4.42. The van der Waals surface area contributed by atoms with Crippen LogP contribution in [0.25, 0.3) is 5.76 Å². The second kappa shape index (κ2) is 11.6. The van der Waals surface area contributed by atoms with Gasteiger partial charge in [-0.1, -0.05) is 24.0 Å². The Kier molecular flexibility index (Phi) is 8.24. The van der Waals surface area contributed by atoms with Crippen LogP contribution in [0.3, 0.4) is 0 Å². The van der Waals surface area contributed by atoms with Crippen LogP contribution in [0.5, 0.6) is 17.2 Å². The lowest BCUT2D eigenvalue weighted by atomic mass is 9.93. The van der Waals surface area contributed by atoms with Crippen LogP contribution in [-0.4, -0.2) is 55.7 Å². The summed E-state index contributed by atoms with van der Waals surface area (Å²) in [6.45, 7) is 6.89. The van der Waals surface area contributed by atoms with E-state index in [0.29, 0.717) is 39.6 Å². The third-order valence-electron chi connectivity index (χ3n) is 6.38. The van der Waals surface area contributed by atoms with Crippen molar-refractivity contribution in [2.24, 2.45) is 0 Å². The number of nitrogens with zero attached hydrogens (tertiary/aromatic N) is 2. The average Bonchev–Trinajstić information content (AvgIpc) is 3.46. The summed E-state index contributed by atoms with van der Waals surface area (Å²) in [5.41, 5.74) is 1.53. The molecule has 11 heteroatoms. The molecule has 40 heavy (non-hydrogen) atoms. The van der Waals surface area contributed by atoms with Gasteiger partial charge in [0.15, 0.2) is 5.13 Å². The standard InChI is InChI=1S/C29H28N2O8S/c1-7-12-39-28(35)26-16(3)30-29(40-26)31-23(20-11-9-18(37-5)14-21(20)38-6)22(25(33)27(31)34)24(32)19-10-8-17(36-4)13-15(19)2/h7-11,13-14,23,32H,1,12H2,2-6H3/b24-22+/t23-/m1/s1. The molecular formula is C29H28N2O8S. The molecule has 1 atom stereocenters. The summed E-state index contributed by atoms with van der Waals surface area (Å²) in [6, 6.07) is 8.74. The predicted molar refractivity (Wildman–Crippen MR) is 149 cm³/mol. The van der Waals surface area contributed by atoms with E-state index in [4.69, 9.17) is 18.9 Å². The van der Waals surface area contributed by atoms with Gasteiger partial charge in [-0.3, -0.25) is 14.5 Å². The van der Waals surface area contributed by atoms with Gasteiger partial charge in [-0.15, -0.1) is 0 Å². The lowest BCUT2D eigenvalue weighted by molar-refractivity contribution is -0.132. The molecule has 10 nitrogen and oxygen atoms in total. The smallest absolute Gasteiger partial charge is 0.350 e. The van der Waals surface area contributed by atoms with Gasteiger partial charge >= 0.3 is 11.9 Å². The molecule has 0 radical (unpaired) electrons. The third-order valence-corrected chi connectivity index (χ3v) is 7.51. The van der Waals surface area contributed by atoms with E-state index in [9.17, 15) is 19.5 Å². The van der Waals surface area contributed by atoms with Crippen molar-refractivity contribution in [1.29, 1.82) is 0 Å². The lowest BCUT2D eigenvalue weighted by Crippen LogP contribution is -2.29. The number of ether oxygens (including phenoxy) is 4. The topological polar surface area (TPSA) is 124 Å². The molecule has 0 spiro atoms. The first-order valence-electron chi connectivity index (χ1n) is 12.1. The summed E-state index contributed by atoms with van der Waals surface area (Å²) in [5, 5.41) is 11.6. The number of carbonyl (C=O) groups is 3. The Morgan fingerprint density at radius 1 is 1.07 bits per heavy atom. The maximum Gasteiger partial charge on any atom is 0.350 e. The van der Waals surface area contributed by atoms with Crippen LogP contribution in [0.1, 0.15) is 38.1 Å². The summed E-state index contributed by atoms with van der Waals surface area (Å²) in [4.78, 5) is 45.6. The highest BCUT2D eigenvalue weighted by Gasteiger charge is 2.49. The molecule has 3 aromatic rings. The number of aliphatic hydroxyl groups is 1. The number of aromatic nitrogens is 1. The van der Waals surface area contributed by atoms with Crippen LogP contribution in [0.4, 0.5) is 5.13 Å². The zero-order valence-electron chi connectivity index (χ0n) is 22.6. The van der Waals surface area contributed by atoms with E-state index in [1.807, 2.05) is 0 Å². The maximum absolute atomic E-state index is 13.6. The number of aryl methyl sites for hydroxylation is 2. The zero-order valence-corrected chi connectivity index (χ0v) is 23.5. The Morgan fingerprint density at radius 2 is 1.75 bits per heavy atom. The van der Waals surface area contributed by atoms with Gasteiger partial charge in [0.25, 0.3) is 5.78 Å². The van der Waals surface area contributed by atoms with Crippen LogP contribution in [-0.2, 0) is 14.3 Å². The van der Waals surface area contributed by atoms with E-state index >= 15 is 0 Å². The number of ketones is 1. The van der Waals surface area contributed by atoms with Gasteiger partial charge in [0.2, 0.25) is 0 Å². The first-order valence-corrected chi connectivity index (χ1v) is 12.9. The monoisotopic (exact) mass is 564 g/mol. The van der Waals surface area contributed by atoms with Gasteiger partial charge in [-0.05, 0) is 49.7 Å². The van der Waals surface area contributed by atoms with Crippen LogP contribution in [0.15, 0.2) is 54.6 Å². The minimum absolute atomic E-state index is 0.000278. The minimum Gasteiger partial charge on any atom is -0.507 e. The van der Waals surface area contributed by atoms with E-state index in [-0.39, 0.29) is 27.9 Å². The molecule has 1 aliphatic heterocycles. The first-order chi connectivity index (χ1) is 19.2. The summed E-state index contributed by atoms with van der Waals surface area (Å²) >= 11 is 0.905. The third kappa shape index (κ3) is 5.03. The molecule has 2 heterocycles. The minimum atomic E-state index is -1.13. The lowest BCUT2D eigenvalue weighted by Gasteiger charge is -2.25. The van der Waals surface area contributed by atoms with E-state index in [1.54, 1.807) is 50.2 Å². The van der Waals surface area contributed by atoms with Gasteiger partial charge in [0, 0.05) is 17.2 Å². The normalized spacial score (nSPS) is 16.1. The van der Waals surface area contributed by atoms with Gasteiger partial charge < -0.3 is 24.1 Å². The van der Waals surface area contributed by atoms with Crippen molar-refractivity contribution < 1.29 is 38.4 Å². The Bertz CT molecular complexity index is 1540. The summed E-state index contributed by atoms with van der Waals surface area (Å²) < 4.78 is 21.3. The van der Waals surface area contributed by atoms with Gasteiger partial charge in [-0.2, -0.15) is 0 Å². The second-order valence-corrected chi connectivity index (χ2v) is 9.73. The van der Waals surface area contributed by atoms with Crippen LogP contribution < -0.4 is 19.1 Å². The number of esters is 1. The van der Waals surface area contributed by atoms with Crippen LogP contribution in [0.2, 0.25) is 0 Å². The Balaban J connectivity index is 1.96. The maximum atomic E-state index is 13.6. The van der Waals surface area contributed by atoms with Crippen LogP contribution in [0, 0.1) is 13.8 Å². The molecule has 1 N–H and O–H groups in total. The van der Waals surface area contributed by atoms with Crippen LogP contribution >= 0.6 is 11.3 Å². The molecule has 1 aromatic heterocycles. The molecule has 0 unspecified atom stereocenters. The molecule has 1 fully saturated rings. The highest BCUT2D eigenvalue weighted by Crippen LogP contribution is 2.47. The fourth-order valence-corrected chi connectivity index (χ4v) is 5.40. The van der Waals surface area contributed by atoms with Crippen molar-refractivity contribution >= 4 is 39.9 Å². The largest absolute Gasteiger partial charge is 0.507 e. The fraction of sp³-hybridized carbons (Fsp3) is 0.241. The predicted octanol–water partition coefficient (Wildman–Crippen LogP) is 4.75. The number of methoxy groups -OCH3 is 3. The quantitative estimate of drug-likeness (QED) is 0.129. The molecule has 0 aliphatic carbocycles. The number of aliphatic hydroxyl groups excluding tert-OH is 1. The number of anilines is 1. The number of carbonyl (C=O) groups excluding carboxylic acids is 3. The Labute approximate surface area is 235 Å². The second-order valence-electron chi connectivity index (χ2n) is 8.76. The number of Topliss-reactive ketones (excluding diaryl/α,β-unsaturated/α-hetero) is 1. The SMILES string of the molecule is C=CCOC(=O)c1sc(N2C(=O)C(=O)/C(=C(/O)c3ccc(OC)cc3C)[C@H]2c2ccc(OC)cc2OC)nc1C. The van der Waals surface area contributed by atoms with Gasteiger partial charge in [0.1, 0.15) is 40.5 Å². The number of thiazole rings is 1. The van der Waals surface area contributed by atoms with Crippen molar-refractivity contribution in [2.75, 3.05) is 32.8 Å². The molecule has 208 valence electrons. The van der Waals surface area contributed by atoms with Crippen molar-refractivity contribution in [3.8, 4) is 17.2 Å². The van der Waals surface area contributed by atoms with Gasteiger partial charge in [-0.25, -0.2) is 9.78 Å². The molecule has 1 aliphatic rings. The number of amides is 1. The summed E-state index contributed by atoms with van der Waals surface area (Å²) in [5.74, 6) is -1.48. The zero-order chi connectivity index (χ0) is 29.1. The molecule has 0 saturated carbocycles. The molecule has 1 saturated heterocycles. The van der Waals surface area contributed by atoms with Crippen molar-refractivity contribution in [1.82, 2.24) is 4.98 Å². The molecule has 4 rings (SSSR count). The van der Waals surface area contributed by atoms with Crippen molar-refractivity contribution in [3.63, 3.8) is 0 Å². The Morgan fingerprint density at radius 3 is 2.38 bits per heavy atom. The van der Waals surface area contributed by atoms with E-state index in [0.717, 1.165) is 11.3 Å². The molecule has 1 amide bonds. The number of hydrogen-bond donors (Lipinski definition) is 1. The first kappa shape index (κ1) is 28.4. The van der Waals surface area contributed by atoms with Crippen molar-refractivity contribution in [2.45, 2.75) is 19.9 Å². The summed E-state index contributed by atoms with van der Waals surface area (Å²) in [6.07, 6.45) is 1.44. The van der Waals surface area contributed by atoms with E-state index < -0.39 is 23.7 Å². The molecule has 0 bridgehead atoms. The number of hydrogen-bond acceptors (Lipinski definition) is 10. The highest BCUT2D eigenvalue weighted by atomic mass is 32.1. The number of rotatable bonds is 9. The van der Waals surface area contributed by atoms with Crippen molar-refractivity contribution in [3.05, 3.63) is 81.9 Å². The highest BCUT2D eigenvalue weighted by molar-refractivity contribution is 7.17. The summed E-state index contributed by atoms with van der Waals surface area (Å²) in [7, 11) is 4.46. The number of benzene rings is 2. The average molecular weight is 565 g/mol. The van der Waals surface area contributed by atoms with Gasteiger partial charge in [0.05, 0.1) is 32.6 Å². The molecular weight excluding hydrogens is 536 g/mol. The van der Waals surface area contributed by atoms with E-state index in [1.165, 1.54) is 32.3 Å². The Hall–Kier alpha value is -4.64. The molecule has 2 aromatic carbocycles. The van der Waals surface area contributed by atoms with E-state index in [2.05, 4.69) is 11.6 Å².